The molecule has 0 bridgehead atoms. The van der Waals surface area contributed by atoms with Crippen molar-refractivity contribution < 1.29 is 29.3 Å². The lowest BCUT2D eigenvalue weighted by Gasteiger charge is -2.41. The topological polar surface area (TPSA) is 119 Å². The molecule has 0 amide bonds. The monoisotopic (exact) mass is 503 g/mol. The number of rotatable bonds is 17. The molecule has 0 aromatic carbocycles. The van der Waals surface area contributed by atoms with E-state index in [1.54, 1.807) is 11.8 Å². The van der Waals surface area contributed by atoms with Crippen LogP contribution in [-0.4, -0.2) is 63.6 Å². The fraction of sp³-hybridized carbons (Fsp3) is 0.846. The Labute approximate surface area is 211 Å². The Morgan fingerprint density at radius 2 is 1.65 bits per heavy atom. The molecule has 200 valence electrons. The summed E-state index contributed by atoms with van der Waals surface area (Å²) in [6.07, 6.45) is 1.62. The summed E-state index contributed by atoms with van der Waals surface area (Å²) in [5.74, 6) is 0.0771. The molecule has 0 rings (SSSR count). The van der Waals surface area contributed by atoms with Gasteiger partial charge in [0.25, 0.3) is 0 Å². The normalized spacial score (nSPS) is 18.8. The molecule has 0 spiro atoms. The van der Waals surface area contributed by atoms with Gasteiger partial charge in [0.05, 0.1) is 12.0 Å². The maximum Gasteiger partial charge on any atom is 0.333 e. The lowest BCUT2D eigenvalue weighted by molar-refractivity contribution is -0.150. The van der Waals surface area contributed by atoms with E-state index in [1.165, 1.54) is 6.92 Å². The highest BCUT2D eigenvalue weighted by molar-refractivity contribution is 8.00. The highest BCUT2D eigenvalue weighted by Crippen LogP contribution is 2.41. The van der Waals surface area contributed by atoms with Gasteiger partial charge in [-0.2, -0.15) is 11.8 Å². The van der Waals surface area contributed by atoms with Gasteiger partial charge in [0.15, 0.2) is 0 Å². The molecule has 6 atom stereocenters. The molecule has 0 aromatic rings. The second-order valence-electron chi connectivity index (χ2n) is 10.5. The van der Waals surface area contributed by atoms with Crippen LogP contribution in [0.2, 0.25) is 0 Å². The molecule has 0 saturated heterocycles. The number of aliphatic hydroxyl groups excluding tert-OH is 1. The lowest BCUT2D eigenvalue weighted by Crippen LogP contribution is -2.45. The van der Waals surface area contributed by atoms with Crippen molar-refractivity contribution in [1.29, 1.82) is 0 Å². The fourth-order valence-electron chi connectivity index (χ4n) is 3.55. The van der Waals surface area contributed by atoms with Gasteiger partial charge in [-0.25, -0.2) is 4.79 Å². The molecule has 0 aliphatic rings. The van der Waals surface area contributed by atoms with Crippen molar-refractivity contribution in [2.75, 3.05) is 19.0 Å². The molecule has 8 heteroatoms. The first kappa shape index (κ1) is 32.9. The smallest absolute Gasteiger partial charge is 0.333 e. The summed E-state index contributed by atoms with van der Waals surface area (Å²) in [6.45, 7) is 19.1. The summed E-state index contributed by atoms with van der Waals surface area (Å²) in [5.41, 5.74) is 5.65. The molecular weight excluding hydrogens is 454 g/mol. The Morgan fingerprint density at radius 1 is 1.09 bits per heavy atom. The summed E-state index contributed by atoms with van der Waals surface area (Å²) in [6, 6.07) is 0.0586. The SMILES string of the molecule is C=C(C)C(=O)OCC(O)COC(=O)CCSC(C)(CC)CC(C)C(C)(O)C(C)CC(N)C(C)C. The molecule has 4 N–H and O–H groups in total. The van der Waals surface area contributed by atoms with Crippen LogP contribution in [0.25, 0.3) is 0 Å². The Balaban J connectivity index is 4.60. The first-order valence-corrected chi connectivity index (χ1v) is 13.3. The summed E-state index contributed by atoms with van der Waals surface area (Å²) < 4.78 is 9.84. The van der Waals surface area contributed by atoms with E-state index in [2.05, 4.69) is 48.1 Å². The van der Waals surface area contributed by atoms with Crippen molar-refractivity contribution >= 4 is 23.7 Å². The quantitative estimate of drug-likeness (QED) is 0.201. The Hall–Kier alpha value is -1.09. The number of carbonyl (C=O) groups excluding carboxylic acids is 2. The predicted molar refractivity (Wildman–Crippen MR) is 140 cm³/mol. The summed E-state index contributed by atoms with van der Waals surface area (Å²) >= 11 is 1.70. The Bertz CT molecular complexity index is 653. The second kappa shape index (κ2) is 15.1. The van der Waals surface area contributed by atoms with Gasteiger partial charge in [0.1, 0.15) is 19.3 Å². The van der Waals surface area contributed by atoms with Crippen LogP contribution >= 0.6 is 11.8 Å². The molecule has 0 aliphatic carbocycles. The number of hydrogen-bond donors (Lipinski definition) is 3. The zero-order valence-electron chi connectivity index (χ0n) is 22.6. The van der Waals surface area contributed by atoms with Gasteiger partial charge >= 0.3 is 11.9 Å². The highest BCUT2D eigenvalue weighted by atomic mass is 32.2. The van der Waals surface area contributed by atoms with Crippen LogP contribution in [0.3, 0.4) is 0 Å². The van der Waals surface area contributed by atoms with E-state index in [-0.39, 0.29) is 47.8 Å². The van der Waals surface area contributed by atoms with E-state index in [9.17, 15) is 19.8 Å². The Morgan fingerprint density at radius 3 is 2.15 bits per heavy atom. The summed E-state index contributed by atoms with van der Waals surface area (Å²) in [5, 5.41) is 21.1. The molecule has 34 heavy (non-hydrogen) atoms. The van der Waals surface area contributed by atoms with Crippen LogP contribution < -0.4 is 5.73 Å². The third kappa shape index (κ3) is 12.0. The molecule has 7 nitrogen and oxygen atoms in total. The number of ether oxygens (including phenoxy) is 2. The van der Waals surface area contributed by atoms with Crippen molar-refractivity contribution in [1.82, 2.24) is 0 Å². The average Bonchev–Trinajstić information content (AvgIpc) is 2.75. The minimum atomic E-state index is -1.07. The number of carbonyl (C=O) groups is 2. The maximum atomic E-state index is 12.1. The van der Waals surface area contributed by atoms with Crippen molar-refractivity contribution in [3.63, 3.8) is 0 Å². The zero-order chi connectivity index (χ0) is 26.7. The number of thioether (sulfide) groups is 1. The van der Waals surface area contributed by atoms with E-state index in [0.29, 0.717) is 11.7 Å². The van der Waals surface area contributed by atoms with Gasteiger partial charge < -0.3 is 25.4 Å². The van der Waals surface area contributed by atoms with E-state index in [0.717, 1.165) is 19.3 Å². The standard InChI is InChI=1S/C26H49NO6S/c1-10-25(8,14-20(7)26(9,31)19(6)13-22(27)17(2)3)34-12-11-23(29)32-15-21(28)16-33-24(30)18(4)5/h17,19-22,28,31H,4,10-16,27H2,1-3,5-9H3. The van der Waals surface area contributed by atoms with Gasteiger partial charge in [0, 0.05) is 22.1 Å². The molecule has 0 fully saturated rings. The van der Waals surface area contributed by atoms with Gasteiger partial charge in [-0.1, -0.05) is 48.1 Å². The first-order chi connectivity index (χ1) is 15.6. The molecule has 0 aromatic heterocycles. The van der Waals surface area contributed by atoms with Crippen LogP contribution in [0.1, 0.15) is 81.1 Å². The van der Waals surface area contributed by atoms with Gasteiger partial charge in [-0.05, 0) is 50.9 Å². The van der Waals surface area contributed by atoms with E-state index < -0.39 is 23.6 Å². The number of hydrogen-bond acceptors (Lipinski definition) is 8. The van der Waals surface area contributed by atoms with Crippen LogP contribution in [-0.2, 0) is 19.1 Å². The lowest BCUT2D eigenvalue weighted by atomic mass is 9.73. The number of aliphatic hydroxyl groups is 2. The third-order valence-corrected chi connectivity index (χ3v) is 8.47. The van der Waals surface area contributed by atoms with Crippen LogP contribution in [0, 0.1) is 17.8 Å². The van der Waals surface area contributed by atoms with Crippen molar-refractivity contribution in [3.05, 3.63) is 12.2 Å². The van der Waals surface area contributed by atoms with E-state index in [4.69, 9.17) is 15.2 Å². The molecular formula is C26H49NO6S. The van der Waals surface area contributed by atoms with Crippen LogP contribution in [0.5, 0.6) is 0 Å². The van der Waals surface area contributed by atoms with Gasteiger partial charge in [-0.15, -0.1) is 0 Å². The first-order valence-electron chi connectivity index (χ1n) is 12.3. The predicted octanol–water partition coefficient (Wildman–Crippen LogP) is 4.09. The maximum absolute atomic E-state index is 12.1. The van der Waals surface area contributed by atoms with Crippen molar-refractivity contribution in [3.8, 4) is 0 Å². The van der Waals surface area contributed by atoms with E-state index in [1.807, 2.05) is 6.92 Å². The minimum Gasteiger partial charge on any atom is -0.463 e. The highest BCUT2D eigenvalue weighted by Gasteiger charge is 2.39. The Kier molecular flexibility index (Phi) is 14.6. The van der Waals surface area contributed by atoms with Crippen LogP contribution in [0.15, 0.2) is 12.2 Å². The number of esters is 2. The molecule has 0 aliphatic heterocycles. The molecule has 6 unspecified atom stereocenters. The third-order valence-electron chi connectivity index (χ3n) is 6.91. The molecule has 0 heterocycles. The van der Waals surface area contributed by atoms with Gasteiger partial charge in [0.2, 0.25) is 0 Å². The molecule has 0 saturated carbocycles. The summed E-state index contributed by atoms with van der Waals surface area (Å²) in [7, 11) is 0. The van der Waals surface area contributed by atoms with Crippen molar-refractivity contribution in [2.24, 2.45) is 23.5 Å². The molecule has 0 radical (unpaired) electrons. The van der Waals surface area contributed by atoms with Gasteiger partial charge in [-0.3, -0.25) is 4.79 Å². The average molecular weight is 504 g/mol. The zero-order valence-corrected chi connectivity index (χ0v) is 23.4. The summed E-state index contributed by atoms with van der Waals surface area (Å²) in [4.78, 5) is 23.4. The van der Waals surface area contributed by atoms with Crippen molar-refractivity contribution in [2.45, 2.75) is 104 Å². The largest absolute Gasteiger partial charge is 0.463 e. The number of nitrogens with two attached hydrogens (primary N) is 1. The van der Waals surface area contributed by atoms with E-state index >= 15 is 0 Å². The minimum absolute atomic E-state index is 0.0586. The van der Waals surface area contributed by atoms with Crippen LogP contribution in [0.4, 0.5) is 0 Å². The second-order valence-corrected chi connectivity index (χ2v) is 12.2. The fourth-order valence-corrected chi connectivity index (χ4v) is 4.88.